The van der Waals surface area contributed by atoms with E-state index in [2.05, 4.69) is 24.4 Å². The van der Waals surface area contributed by atoms with E-state index in [9.17, 15) is 5.11 Å². The van der Waals surface area contributed by atoms with E-state index in [1.807, 2.05) is 19.2 Å². The summed E-state index contributed by atoms with van der Waals surface area (Å²) in [4.78, 5) is 0. The number of unbranched alkanes of at least 4 members (excludes halogenated alkanes) is 2. The Morgan fingerprint density at radius 3 is 2.29 bits per heavy atom. The molecule has 0 atom stereocenters. The monoisotopic (exact) mass is 474 g/mol. The summed E-state index contributed by atoms with van der Waals surface area (Å²) >= 11 is 6.51. The summed E-state index contributed by atoms with van der Waals surface area (Å²) in [5, 5.41) is 13.6. The van der Waals surface area contributed by atoms with Gasteiger partial charge in [0.15, 0.2) is 4.32 Å². The largest absolute Gasteiger partial charge is 0.507 e. The predicted octanol–water partition coefficient (Wildman–Crippen LogP) is 5.48. The van der Waals surface area contributed by atoms with Gasteiger partial charge in [-0.05, 0) is 25.3 Å². The van der Waals surface area contributed by atoms with Crippen molar-refractivity contribution in [1.82, 2.24) is 5.43 Å². The van der Waals surface area contributed by atoms with Crippen LogP contribution < -0.4 is 5.43 Å². The molecule has 134 valence electrons. The standard InChI is InChI=1S/C10H12N2OS2.2C4H9.Sn/c1-7(11-12-10(14)15-2)8-5-3-4-6-9(8)13;2*1-3-4-2;/h3-6,13H,1-2H3,(H,12,14);2*1,3-4H2,2H3;/b11-7+;;;. The number of hydrogen-bond donors (Lipinski definition) is 2. The van der Waals surface area contributed by atoms with E-state index in [1.54, 1.807) is 27.1 Å². The van der Waals surface area contributed by atoms with Crippen LogP contribution in [0.25, 0.3) is 0 Å². The molecule has 1 rings (SSSR count). The number of para-hydroxylation sites is 1. The second kappa shape index (κ2) is 16.2. The molecule has 0 bridgehead atoms. The van der Waals surface area contributed by atoms with Crippen LogP contribution in [0.15, 0.2) is 29.4 Å². The molecule has 0 aliphatic heterocycles. The third-order valence-corrected chi connectivity index (χ3v) is 8.30. The number of rotatable bonds is 8. The number of phenols is 1. The van der Waals surface area contributed by atoms with Crippen molar-refractivity contribution in [3.63, 3.8) is 0 Å². The fourth-order valence-corrected chi connectivity index (χ4v) is 6.08. The van der Waals surface area contributed by atoms with Gasteiger partial charge < -0.3 is 5.11 Å². The van der Waals surface area contributed by atoms with Gasteiger partial charge in [-0.25, -0.2) is 0 Å². The van der Waals surface area contributed by atoms with Crippen LogP contribution in [0.3, 0.4) is 0 Å². The molecule has 0 spiro atoms. The van der Waals surface area contributed by atoms with E-state index >= 15 is 0 Å². The molecule has 1 aromatic carbocycles. The average Bonchev–Trinajstić information content (AvgIpc) is 2.60. The third-order valence-electron chi connectivity index (χ3n) is 3.21. The minimum absolute atomic E-state index is 0.149. The molecule has 0 aromatic heterocycles. The third kappa shape index (κ3) is 12.1. The molecule has 0 saturated carbocycles. The second-order valence-electron chi connectivity index (χ2n) is 5.27. The van der Waals surface area contributed by atoms with Crippen LogP contribution >= 0.6 is 24.0 Å². The zero-order chi connectivity index (χ0) is 18.2. The maximum atomic E-state index is 9.56. The van der Waals surface area contributed by atoms with E-state index in [0.29, 0.717) is 15.6 Å². The van der Waals surface area contributed by atoms with Crippen molar-refractivity contribution in [2.45, 2.75) is 55.3 Å². The maximum absolute atomic E-state index is 9.56. The SMILES string of the molecule is CCC[CH2][Sn][CH2]CCC.CSC(=S)N/N=C(\C)c1ccccc1O. The van der Waals surface area contributed by atoms with Crippen LogP contribution in [0.1, 0.15) is 52.0 Å². The van der Waals surface area contributed by atoms with Crippen molar-refractivity contribution in [2.24, 2.45) is 5.10 Å². The number of aromatic hydroxyl groups is 1. The summed E-state index contributed by atoms with van der Waals surface area (Å²) in [7, 11) is 0. The van der Waals surface area contributed by atoms with Crippen molar-refractivity contribution in [1.29, 1.82) is 0 Å². The molecule has 3 nitrogen and oxygen atoms in total. The molecule has 2 radical (unpaired) electrons. The Morgan fingerprint density at radius 1 is 1.21 bits per heavy atom. The van der Waals surface area contributed by atoms with Gasteiger partial charge in [-0.2, -0.15) is 5.10 Å². The van der Waals surface area contributed by atoms with Gasteiger partial charge in [0.1, 0.15) is 5.75 Å². The Bertz CT molecular complexity index is 490. The fraction of sp³-hybridized carbons (Fsp3) is 0.556. The smallest absolute Gasteiger partial charge is 0.153 e. The first-order valence-electron chi connectivity index (χ1n) is 8.44. The molecule has 1 aromatic rings. The summed E-state index contributed by atoms with van der Waals surface area (Å²) < 4.78 is 3.85. The van der Waals surface area contributed by atoms with E-state index < -0.39 is 0 Å². The van der Waals surface area contributed by atoms with E-state index in [4.69, 9.17) is 12.2 Å². The summed E-state index contributed by atoms with van der Waals surface area (Å²) in [6.07, 6.45) is 7.71. The quantitative estimate of drug-likeness (QED) is 0.173. The van der Waals surface area contributed by atoms with Crippen molar-refractivity contribution in [3.8, 4) is 5.75 Å². The maximum Gasteiger partial charge on any atom is 0.153 e. The minimum Gasteiger partial charge on any atom is -0.507 e. The van der Waals surface area contributed by atoms with Gasteiger partial charge in [0.05, 0.1) is 5.71 Å². The van der Waals surface area contributed by atoms with Crippen LogP contribution in [-0.2, 0) is 0 Å². The molecule has 0 heterocycles. The molecule has 0 unspecified atom stereocenters. The Morgan fingerprint density at radius 2 is 1.79 bits per heavy atom. The van der Waals surface area contributed by atoms with Gasteiger partial charge in [0, 0.05) is 5.56 Å². The zero-order valence-corrected chi connectivity index (χ0v) is 19.8. The van der Waals surface area contributed by atoms with E-state index in [-0.39, 0.29) is 26.9 Å². The fourth-order valence-electron chi connectivity index (χ4n) is 1.74. The van der Waals surface area contributed by atoms with Gasteiger partial charge in [-0.1, -0.05) is 36.1 Å². The topological polar surface area (TPSA) is 44.6 Å². The summed E-state index contributed by atoms with van der Waals surface area (Å²) in [6, 6.07) is 7.05. The van der Waals surface area contributed by atoms with Crippen LogP contribution in [-0.4, -0.2) is 42.5 Å². The number of nitrogens with zero attached hydrogens (tertiary/aromatic N) is 1. The average molecular weight is 473 g/mol. The van der Waals surface area contributed by atoms with Crippen molar-refractivity contribution in [2.75, 3.05) is 6.26 Å². The van der Waals surface area contributed by atoms with Gasteiger partial charge >= 0.3 is 69.5 Å². The molecule has 0 aliphatic rings. The van der Waals surface area contributed by atoms with Gasteiger partial charge in [0.25, 0.3) is 0 Å². The number of thioether (sulfide) groups is 1. The number of phenolic OH excluding ortho intramolecular Hbond substituents is 1. The van der Waals surface area contributed by atoms with Gasteiger partial charge in [-0.15, -0.1) is 0 Å². The normalized spacial score (nSPS) is 10.8. The summed E-state index contributed by atoms with van der Waals surface area (Å²) in [6.45, 7) is 6.39. The first kappa shape index (κ1) is 23.7. The van der Waals surface area contributed by atoms with Crippen molar-refractivity contribution in [3.05, 3.63) is 29.8 Å². The minimum atomic E-state index is 0.149. The first-order chi connectivity index (χ1) is 11.6. The van der Waals surface area contributed by atoms with Crippen molar-refractivity contribution < 1.29 is 5.11 Å². The molecular formula is C18H30N2OS2Sn. The molecule has 0 aliphatic carbocycles. The molecule has 2 N–H and O–H groups in total. The van der Waals surface area contributed by atoms with Crippen LogP contribution in [0.4, 0.5) is 0 Å². The predicted molar refractivity (Wildman–Crippen MR) is 115 cm³/mol. The van der Waals surface area contributed by atoms with Crippen LogP contribution in [0.2, 0.25) is 8.87 Å². The Kier molecular flexibility index (Phi) is 16.0. The second-order valence-corrected chi connectivity index (χ2v) is 11.0. The molecule has 6 heteroatoms. The molecule has 24 heavy (non-hydrogen) atoms. The van der Waals surface area contributed by atoms with Gasteiger partial charge in [-0.3, -0.25) is 5.43 Å². The Hall–Kier alpha value is -0.271. The van der Waals surface area contributed by atoms with Crippen LogP contribution in [0, 0.1) is 0 Å². The number of hydrazone groups is 1. The number of nitrogens with one attached hydrogen (secondary N) is 1. The number of benzene rings is 1. The van der Waals surface area contributed by atoms with E-state index in [0.717, 1.165) is 0 Å². The van der Waals surface area contributed by atoms with Crippen molar-refractivity contribution >= 4 is 55.2 Å². The zero-order valence-electron chi connectivity index (χ0n) is 15.3. The number of thiocarbonyl (C=S) groups is 1. The molecule has 0 fully saturated rings. The Labute approximate surface area is 167 Å². The first-order valence-corrected chi connectivity index (χ1v) is 14.1. The van der Waals surface area contributed by atoms with Crippen LogP contribution in [0.5, 0.6) is 5.75 Å². The summed E-state index contributed by atoms with van der Waals surface area (Å²) in [5.74, 6) is 0.218. The van der Waals surface area contributed by atoms with E-state index in [1.165, 1.54) is 37.4 Å². The molecule has 0 amide bonds. The molecule has 0 saturated heterocycles. The number of hydrogen-bond acceptors (Lipinski definition) is 4. The Balaban J connectivity index is 0.000000506. The van der Waals surface area contributed by atoms with Gasteiger partial charge in [0.2, 0.25) is 0 Å². The summed E-state index contributed by atoms with van der Waals surface area (Å²) in [5.41, 5.74) is 4.13. The molecular weight excluding hydrogens is 443 g/mol.